The molecule has 1 aromatic carbocycles. The topological polar surface area (TPSA) is 30.0 Å². The molecule has 0 bridgehead atoms. The van der Waals surface area contributed by atoms with Crippen LogP contribution < -0.4 is 0 Å². The van der Waals surface area contributed by atoms with Crippen LogP contribution in [0.4, 0.5) is 8.78 Å². The predicted molar refractivity (Wildman–Crippen MR) is 75.2 cm³/mol. The Balaban J connectivity index is 2.20. The largest absolute Gasteiger partial charge is 0.294 e. The van der Waals surface area contributed by atoms with Crippen LogP contribution in [0.5, 0.6) is 0 Å². The van der Waals surface area contributed by atoms with Crippen LogP contribution in [-0.2, 0) is 11.8 Å². The van der Waals surface area contributed by atoms with Crippen LogP contribution in [-0.4, -0.2) is 10.8 Å². The third-order valence-electron chi connectivity index (χ3n) is 2.88. The molecule has 0 saturated heterocycles. The average Bonchev–Trinajstić information content (AvgIpc) is 2.81. The molecule has 1 heterocycles. The molecule has 0 aliphatic rings. The van der Waals surface area contributed by atoms with E-state index in [1.165, 1.54) is 23.5 Å². The van der Waals surface area contributed by atoms with Gasteiger partial charge < -0.3 is 0 Å². The molecule has 0 aliphatic heterocycles. The molecular formula is C15H15F2NOS. The molecule has 2 rings (SSSR count). The van der Waals surface area contributed by atoms with Crippen molar-refractivity contribution in [3.8, 4) is 0 Å². The van der Waals surface area contributed by atoms with Gasteiger partial charge in [-0.1, -0.05) is 26.8 Å². The van der Waals surface area contributed by atoms with Gasteiger partial charge in [-0.25, -0.2) is 13.8 Å². The molecule has 0 aliphatic carbocycles. The Kier molecular flexibility index (Phi) is 3.99. The molecule has 106 valence electrons. The van der Waals surface area contributed by atoms with Crippen LogP contribution in [0, 0.1) is 11.6 Å². The van der Waals surface area contributed by atoms with Crippen molar-refractivity contribution < 1.29 is 13.6 Å². The fraction of sp³-hybridized carbons (Fsp3) is 0.333. The van der Waals surface area contributed by atoms with E-state index in [1.54, 1.807) is 0 Å². The molecule has 0 spiro atoms. The standard InChI is InChI=1S/C15H15F2NOS/c1-15(2,3)12-8-20-13(18-12)7-11(19)9-5-4-6-10(16)14(9)17/h4-6,8H,7H2,1-3H3. The molecule has 2 nitrogen and oxygen atoms in total. The summed E-state index contributed by atoms with van der Waals surface area (Å²) in [4.78, 5) is 16.4. The van der Waals surface area contributed by atoms with Crippen molar-refractivity contribution in [1.82, 2.24) is 4.98 Å². The van der Waals surface area contributed by atoms with E-state index in [0.717, 1.165) is 11.8 Å². The van der Waals surface area contributed by atoms with Crippen LogP contribution in [0.15, 0.2) is 23.6 Å². The molecule has 1 aromatic heterocycles. The number of carbonyl (C=O) groups is 1. The zero-order valence-electron chi connectivity index (χ0n) is 11.5. The minimum Gasteiger partial charge on any atom is -0.294 e. The average molecular weight is 295 g/mol. The highest BCUT2D eigenvalue weighted by atomic mass is 32.1. The number of thiazole rings is 1. The van der Waals surface area contributed by atoms with Crippen molar-refractivity contribution in [2.75, 3.05) is 0 Å². The minimum absolute atomic E-state index is 0.0128. The van der Waals surface area contributed by atoms with Crippen LogP contribution in [0.2, 0.25) is 0 Å². The van der Waals surface area contributed by atoms with Crippen molar-refractivity contribution >= 4 is 17.1 Å². The summed E-state index contributed by atoms with van der Waals surface area (Å²) in [5.74, 6) is -2.56. The van der Waals surface area contributed by atoms with Crippen molar-refractivity contribution in [3.05, 3.63) is 51.5 Å². The van der Waals surface area contributed by atoms with Crippen molar-refractivity contribution in [2.45, 2.75) is 32.6 Å². The van der Waals surface area contributed by atoms with E-state index in [2.05, 4.69) is 4.98 Å². The maximum Gasteiger partial charge on any atom is 0.172 e. The first-order valence-electron chi connectivity index (χ1n) is 6.21. The molecule has 0 saturated carbocycles. The number of ketones is 1. The number of carbonyl (C=O) groups excluding carboxylic acids is 1. The molecule has 0 N–H and O–H groups in total. The van der Waals surface area contributed by atoms with E-state index in [0.29, 0.717) is 5.01 Å². The number of hydrogen-bond acceptors (Lipinski definition) is 3. The Bertz CT molecular complexity index is 644. The highest BCUT2D eigenvalue weighted by Gasteiger charge is 2.20. The lowest BCUT2D eigenvalue weighted by molar-refractivity contribution is 0.0988. The second-order valence-electron chi connectivity index (χ2n) is 5.58. The first-order valence-corrected chi connectivity index (χ1v) is 7.09. The van der Waals surface area contributed by atoms with Gasteiger partial charge >= 0.3 is 0 Å². The van der Waals surface area contributed by atoms with E-state index in [4.69, 9.17) is 0 Å². The van der Waals surface area contributed by atoms with Gasteiger partial charge in [-0.15, -0.1) is 11.3 Å². The van der Waals surface area contributed by atoms with Gasteiger partial charge in [0, 0.05) is 10.8 Å². The highest BCUT2D eigenvalue weighted by molar-refractivity contribution is 7.09. The number of halogens is 2. The molecule has 0 fully saturated rings. The van der Waals surface area contributed by atoms with Gasteiger partial charge in [0.25, 0.3) is 0 Å². The van der Waals surface area contributed by atoms with Gasteiger partial charge in [0.1, 0.15) is 5.01 Å². The minimum atomic E-state index is -1.09. The summed E-state index contributed by atoms with van der Waals surface area (Å²) in [7, 11) is 0. The molecular weight excluding hydrogens is 280 g/mol. The van der Waals surface area contributed by atoms with Gasteiger partial charge in [0.2, 0.25) is 0 Å². The first kappa shape index (κ1) is 14.8. The molecule has 0 atom stereocenters. The maximum absolute atomic E-state index is 13.5. The van der Waals surface area contributed by atoms with Gasteiger partial charge in [-0.2, -0.15) is 0 Å². The van der Waals surface area contributed by atoms with Gasteiger partial charge in [-0.3, -0.25) is 4.79 Å². The lowest BCUT2D eigenvalue weighted by atomic mass is 9.93. The van der Waals surface area contributed by atoms with Crippen LogP contribution in [0.25, 0.3) is 0 Å². The summed E-state index contributed by atoms with van der Waals surface area (Å²) < 4.78 is 26.6. The van der Waals surface area contributed by atoms with Crippen LogP contribution in [0.3, 0.4) is 0 Å². The molecule has 0 unspecified atom stereocenters. The monoisotopic (exact) mass is 295 g/mol. The predicted octanol–water partition coefficient (Wildman–Crippen LogP) is 4.14. The molecule has 2 aromatic rings. The fourth-order valence-corrected chi connectivity index (χ4v) is 2.71. The molecule has 0 amide bonds. The number of hydrogen-bond donors (Lipinski definition) is 0. The van der Waals surface area contributed by atoms with Crippen molar-refractivity contribution in [3.63, 3.8) is 0 Å². The summed E-state index contributed by atoms with van der Waals surface area (Å²) in [6.07, 6.45) is -0.0128. The molecule has 0 radical (unpaired) electrons. The fourth-order valence-electron chi connectivity index (χ4n) is 1.69. The van der Waals surface area contributed by atoms with E-state index < -0.39 is 17.4 Å². The number of nitrogens with zero attached hydrogens (tertiary/aromatic N) is 1. The quantitative estimate of drug-likeness (QED) is 0.796. The van der Waals surface area contributed by atoms with Crippen molar-refractivity contribution in [2.24, 2.45) is 0 Å². The normalized spacial score (nSPS) is 11.7. The number of aromatic nitrogens is 1. The maximum atomic E-state index is 13.5. The smallest absolute Gasteiger partial charge is 0.172 e. The summed E-state index contributed by atoms with van der Waals surface area (Å²) in [6, 6.07) is 3.61. The Hall–Kier alpha value is -1.62. The van der Waals surface area contributed by atoms with E-state index in [-0.39, 0.29) is 17.4 Å². The molecule has 20 heavy (non-hydrogen) atoms. The van der Waals surface area contributed by atoms with Gasteiger partial charge in [0.15, 0.2) is 17.4 Å². The Morgan fingerprint density at radius 2 is 2.00 bits per heavy atom. The third-order valence-corrected chi connectivity index (χ3v) is 3.73. The Morgan fingerprint density at radius 1 is 1.30 bits per heavy atom. The van der Waals surface area contributed by atoms with Crippen molar-refractivity contribution in [1.29, 1.82) is 0 Å². The number of rotatable bonds is 3. The molecule has 5 heteroatoms. The zero-order chi connectivity index (χ0) is 14.9. The first-order chi connectivity index (χ1) is 9.29. The van der Waals surface area contributed by atoms with E-state index >= 15 is 0 Å². The summed E-state index contributed by atoms with van der Waals surface area (Å²) in [5.41, 5.74) is 0.574. The highest BCUT2D eigenvalue weighted by Crippen LogP contribution is 2.25. The van der Waals surface area contributed by atoms with E-state index in [9.17, 15) is 13.6 Å². The SMILES string of the molecule is CC(C)(C)c1csc(CC(=O)c2cccc(F)c2F)n1. The second-order valence-corrected chi connectivity index (χ2v) is 6.52. The second kappa shape index (κ2) is 5.40. The summed E-state index contributed by atoms with van der Waals surface area (Å²) >= 11 is 1.36. The Morgan fingerprint density at radius 3 is 2.60 bits per heavy atom. The third kappa shape index (κ3) is 3.10. The van der Waals surface area contributed by atoms with Gasteiger partial charge in [0.05, 0.1) is 17.7 Å². The summed E-state index contributed by atoms with van der Waals surface area (Å²) in [6.45, 7) is 6.08. The lowest BCUT2D eigenvalue weighted by Crippen LogP contribution is -2.12. The van der Waals surface area contributed by atoms with Gasteiger partial charge in [-0.05, 0) is 12.1 Å². The van der Waals surface area contributed by atoms with Crippen LogP contribution in [0.1, 0.15) is 41.8 Å². The number of Topliss-reactive ketones (excluding diaryl/α,β-unsaturated/α-hetero) is 1. The summed E-state index contributed by atoms with van der Waals surface area (Å²) in [5, 5.41) is 2.51. The zero-order valence-corrected chi connectivity index (χ0v) is 12.4. The number of benzene rings is 1. The lowest BCUT2D eigenvalue weighted by Gasteiger charge is -2.14. The Labute approximate surface area is 120 Å². The van der Waals surface area contributed by atoms with Crippen LogP contribution >= 0.6 is 11.3 Å². The van der Waals surface area contributed by atoms with E-state index in [1.807, 2.05) is 26.2 Å².